The Morgan fingerprint density at radius 3 is 2.83 bits per heavy atom. The zero-order chi connectivity index (χ0) is 13.3. The van der Waals surface area contributed by atoms with E-state index in [1.807, 2.05) is 6.92 Å². The summed E-state index contributed by atoms with van der Waals surface area (Å²) in [7, 11) is 1.35. The first kappa shape index (κ1) is 12.6. The number of piperazine rings is 1. The van der Waals surface area contributed by atoms with E-state index in [1.54, 1.807) is 4.90 Å². The Labute approximate surface area is 103 Å². The normalized spacial score (nSPS) is 19.9. The second kappa shape index (κ2) is 4.77. The number of aromatic amines is 1. The Morgan fingerprint density at radius 1 is 1.44 bits per heavy atom. The molecule has 1 amide bonds. The third-order valence-electron chi connectivity index (χ3n) is 3.17. The number of nitrogens with one attached hydrogen (secondary N) is 2. The number of hydrogen-bond acceptors (Lipinski definition) is 4. The van der Waals surface area contributed by atoms with E-state index in [1.165, 1.54) is 13.2 Å². The highest BCUT2D eigenvalue weighted by molar-refractivity contribution is 5.93. The highest BCUT2D eigenvalue weighted by Crippen LogP contribution is 2.06. The maximum absolute atomic E-state index is 12.3. The van der Waals surface area contributed by atoms with Crippen LogP contribution in [0.3, 0.4) is 0 Å². The van der Waals surface area contributed by atoms with Crippen molar-refractivity contribution in [3.05, 3.63) is 32.6 Å². The summed E-state index contributed by atoms with van der Waals surface area (Å²) in [5, 5.41) is 3.17. The first-order chi connectivity index (χ1) is 8.52. The topological polar surface area (TPSA) is 87.2 Å². The molecule has 1 aromatic rings. The Balaban J connectivity index is 2.37. The highest BCUT2D eigenvalue weighted by Gasteiger charge is 2.26. The molecule has 98 valence electrons. The number of hydrogen-bond donors (Lipinski definition) is 2. The highest BCUT2D eigenvalue weighted by atomic mass is 16.2. The maximum atomic E-state index is 12.3. The van der Waals surface area contributed by atoms with Gasteiger partial charge in [0, 0.05) is 38.9 Å². The molecule has 0 spiro atoms. The summed E-state index contributed by atoms with van der Waals surface area (Å²) < 4.78 is 0.903. The number of carbonyl (C=O) groups excluding carboxylic acids is 1. The lowest BCUT2D eigenvalue weighted by atomic mass is 10.2. The van der Waals surface area contributed by atoms with Gasteiger partial charge in [0.15, 0.2) is 0 Å². The first-order valence-corrected chi connectivity index (χ1v) is 5.82. The van der Waals surface area contributed by atoms with Crippen molar-refractivity contribution in [3.63, 3.8) is 0 Å². The largest absolute Gasteiger partial charge is 0.333 e. The summed E-state index contributed by atoms with van der Waals surface area (Å²) in [6.07, 6.45) is 1.20. The molecule has 2 heterocycles. The van der Waals surface area contributed by atoms with Gasteiger partial charge in [-0.2, -0.15) is 0 Å². The van der Waals surface area contributed by atoms with E-state index in [9.17, 15) is 14.4 Å². The zero-order valence-electron chi connectivity index (χ0n) is 10.4. The first-order valence-electron chi connectivity index (χ1n) is 5.82. The summed E-state index contributed by atoms with van der Waals surface area (Å²) in [6.45, 7) is 3.89. The average molecular weight is 252 g/mol. The SMILES string of the molecule is C[C@@H]1CNCCN1C(=O)c1c[nH]c(=O)n(C)c1=O. The van der Waals surface area contributed by atoms with Gasteiger partial charge in [-0.05, 0) is 6.92 Å². The monoisotopic (exact) mass is 252 g/mol. The lowest BCUT2D eigenvalue weighted by Gasteiger charge is -2.33. The van der Waals surface area contributed by atoms with Crippen LogP contribution < -0.4 is 16.6 Å². The van der Waals surface area contributed by atoms with Crippen LogP contribution in [-0.4, -0.2) is 46.0 Å². The quantitative estimate of drug-likeness (QED) is 0.637. The fraction of sp³-hybridized carbons (Fsp3) is 0.545. The molecule has 1 aliphatic heterocycles. The van der Waals surface area contributed by atoms with E-state index in [0.29, 0.717) is 19.6 Å². The van der Waals surface area contributed by atoms with Crippen molar-refractivity contribution < 1.29 is 4.79 Å². The number of amides is 1. The van der Waals surface area contributed by atoms with E-state index >= 15 is 0 Å². The molecule has 0 radical (unpaired) electrons. The van der Waals surface area contributed by atoms with Gasteiger partial charge in [-0.3, -0.25) is 14.2 Å². The van der Waals surface area contributed by atoms with Gasteiger partial charge in [-0.25, -0.2) is 4.79 Å². The van der Waals surface area contributed by atoms with Gasteiger partial charge in [0.05, 0.1) is 0 Å². The van der Waals surface area contributed by atoms with E-state index in [4.69, 9.17) is 0 Å². The van der Waals surface area contributed by atoms with E-state index < -0.39 is 11.2 Å². The minimum atomic E-state index is -0.561. The van der Waals surface area contributed by atoms with E-state index in [-0.39, 0.29) is 17.5 Å². The van der Waals surface area contributed by atoms with Crippen molar-refractivity contribution in [2.75, 3.05) is 19.6 Å². The minimum Gasteiger partial charge on any atom is -0.333 e. The number of nitrogens with zero attached hydrogens (tertiary/aromatic N) is 2. The number of rotatable bonds is 1. The van der Waals surface area contributed by atoms with Crippen molar-refractivity contribution >= 4 is 5.91 Å². The Bertz CT molecular complexity index is 574. The van der Waals surface area contributed by atoms with Gasteiger partial charge in [0.1, 0.15) is 5.56 Å². The summed E-state index contributed by atoms with van der Waals surface area (Å²) in [4.78, 5) is 39.4. The van der Waals surface area contributed by atoms with Crippen LogP contribution in [-0.2, 0) is 7.05 Å². The molecule has 2 rings (SSSR count). The second-order valence-electron chi connectivity index (χ2n) is 4.42. The molecule has 0 bridgehead atoms. The molecule has 0 aromatic carbocycles. The predicted octanol–water partition coefficient (Wildman–Crippen LogP) is -1.49. The Morgan fingerprint density at radius 2 is 2.17 bits per heavy atom. The van der Waals surface area contributed by atoms with Crippen LogP contribution >= 0.6 is 0 Å². The fourth-order valence-corrected chi connectivity index (χ4v) is 2.02. The van der Waals surface area contributed by atoms with Crippen LogP contribution in [0.4, 0.5) is 0 Å². The molecule has 0 saturated carbocycles. The standard InChI is InChI=1S/C11H16N4O3/c1-7-5-12-3-4-15(7)10(17)8-6-13-11(18)14(2)9(8)16/h6-7,12H,3-5H2,1-2H3,(H,13,18)/t7-/m1/s1. The molecule has 7 nitrogen and oxygen atoms in total. The summed E-state index contributed by atoms with van der Waals surface area (Å²) in [5.74, 6) is -0.333. The van der Waals surface area contributed by atoms with Crippen molar-refractivity contribution in [3.8, 4) is 0 Å². The average Bonchev–Trinajstić information content (AvgIpc) is 2.36. The summed E-state index contributed by atoms with van der Waals surface area (Å²) in [6, 6.07) is 0.0304. The second-order valence-corrected chi connectivity index (χ2v) is 4.42. The Hall–Kier alpha value is -1.89. The maximum Gasteiger partial charge on any atom is 0.328 e. The van der Waals surface area contributed by atoms with Crippen molar-refractivity contribution in [2.45, 2.75) is 13.0 Å². The van der Waals surface area contributed by atoms with E-state index in [2.05, 4.69) is 10.3 Å². The van der Waals surface area contributed by atoms with Gasteiger partial charge in [-0.15, -0.1) is 0 Å². The van der Waals surface area contributed by atoms with Crippen LogP contribution in [0, 0.1) is 0 Å². The van der Waals surface area contributed by atoms with Gasteiger partial charge < -0.3 is 15.2 Å². The molecule has 1 aromatic heterocycles. The molecule has 18 heavy (non-hydrogen) atoms. The Kier molecular flexibility index (Phi) is 3.33. The molecular formula is C11H16N4O3. The minimum absolute atomic E-state index is 0.00542. The molecule has 1 saturated heterocycles. The third-order valence-corrected chi connectivity index (χ3v) is 3.17. The van der Waals surface area contributed by atoms with Gasteiger partial charge in [-0.1, -0.05) is 0 Å². The van der Waals surface area contributed by atoms with E-state index in [0.717, 1.165) is 4.57 Å². The molecule has 1 fully saturated rings. The van der Waals surface area contributed by atoms with Crippen LogP contribution in [0.1, 0.15) is 17.3 Å². The van der Waals surface area contributed by atoms with Gasteiger partial charge >= 0.3 is 5.69 Å². The molecule has 7 heteroatoms. The molecule has 0 unspecified atom stereocenters. The third kappa shape index (κ3) is 2.08. The lowest BCUT2D eigenvalue weighted by molar-refractivity contribution is 0.0652. The van der Waals surface area contributed by atoms with Crippen LogP contribution in [0.15, 0.2) is 15.8 Å². The fourth-order valence-electron chi connectivity index (χ4n) is 2.02. The summed E-state index contributed by atoms with van der Waals surface area (Å²) in [5.41, 5.74) is -1.08. The van der Waals surface area contributed by atoms with Crippen LogP contribution in [0.2, 0.25) is 0 Å². The van der Waals surface area contributed by atoms with Crippen LogP contribution in [0.5, 0.6) is 0 Å². The predicted molar refractivity (Wildman–Crippen MR) is 65.7 cm³/mol. The molecule has 1 atom stereocenters. The molecule has 0 aliphatic carbocycles. The summed E-state index contributed by atoms with van der Waals surface area (Å²) >= 11 is 0. The number of carbonyl (C=O) groups is 1. The van der Waals surface area contributed by atoms with Gasteiger partial charge in [0.25, 0.3) is 11.5 Å². The number of H-pyrrole nitrogens is 1. The van der Waals surface area contributed by atoms with Gasteiger partial charge in [0.2, 0.25) is 0 Å². The van der Waals surface area contributed by atoms with Crippen molar-refractivity contribution in [2.24, 2.45) is 7.05 Å². The number of aromatic nitrogens is 2. The van der Waals surface area contributed by atoms with Crippen LogP contribution in [0.25, 0.3) is 0 Å². The molecular weight excluding hydrogens is 236 g/mol. The zero-order valence-corrected chi connectivity index (χ0v) is 10.4. The molecule has 2 N–H and O–H groups in total. The smallest absolute Gasteiger partial charge is 0.328 e. The molecule has 1 aliphatic rings. The van der Waals surface area contributed by atoms with Crippen molar-refractivity contribution in [1.82, 2.24) is 19.8 Å². The van der Waals surface area contributed by atoms with Crippen molar-refractivity contribution in [1.29, 1.82) is 0 Å². The lowest BCUT2D eigenvalue weighted by Crippen LogP contribution is -2.53.